The number of carbonyl (C=O) groups is 2. The van der Waals surface area contributed by atoms with Gasteiger partial charge < -0.3 is 19.4 Å². The van der Waals surface area contributed by atoms with Gasteiger partial charge in [0.25, 0.3) is 5.91 Å². The van der Waals surface area contributed by atoms with Crippen molar-refractivity contribution < 1.29 is 19.1 Å². The van der Waals surface area contributed by atoms with Crippen molar-refractivity contribution in [1.29, 1.82) is 0 Å². The summed E-state index contributed by atoms with van der Waals surface area (Å²) in [6.45, 7) is 8.64. The fraction of sp³-hybridized carbons (Fsp3) is 0.280. The lowest BCUT2D eigenvalue weighted by Crippen LogP contribution is -2.15. The van der Waals surface area contributed by atoms with E-state index in [2.05, 4.69) is 5.32 Å². The molecule has 1 aromatic heterocycles. The Morgan fingerprint density at radius 1 is 0.935 bits per heavy atom. The largest absolute Gasteiger partial charge is 0.494 e. The number of benzene rings is 2. The first-order valence-electron chi connectivity index (χ1n) is 10.4. The number of esters is 1. The lowest BCUT2D eigenvalue weighted by Gasteiger charge is -2.12. The van der Waals surface area contributed by atoms with E-state index in [0.717, 1.165) is 11.3 Å². The average molecular weight is 421 g/mol. The van der Waals surface area contributed by atoms with Crippen molar-refractivity contribution in [3.63, 3.8) is 0 Å². The third kappa shape index (κ3) is 4.97. The zero-order valence-electron chi connectivity index (χ0n) is 18.4. The average Bonchev–Trinajstić information content (AvgIpc) is 3.00. The number of carbonyl (C=O) groups excluding carboxylic acids is 2. The van der Waals surface area contributed by atoms with Crippen LogP contribution in [-0.2, 0) is 11.3 Å². The topological polar surface area (TPSA) is 69.6 Å². The molecular formula is C25H28N2O4. The molecule has 0 aliphatic rings. The van der Waals surface area contributed by atoms with Gasteiger partial charge in [-0.1, -0.05) is 30.3 Å². The maximum Gasteiger partial charge on any atom is 0.355 e. The molecule has 162 valence electrons. The minimum absolute atomic E-state index is 0.265. The first kappa shape index (κ1) is 22.2. The van der Waals surface area contributed by atoms with Gasteiger partial charge in [-0.2, -0.15) is 0 Å². The van der Waals surface area contributed by atoms with Gasteiger partial charge in [0.1, 0.15) is 11.4 Å². The Morgan fingerprint density at radius 3 is 2.23 bits per heavy atom. The van der Waals surface area contributed by atoms with E-state index in [-0.39, 0.29) is 12.5 Å². The molecule has 2 aromatic carbocycles. The number of rotatable bonds is 8. The van der Waals surface area contributed by atoms with Crippen molar-refractivity contribution in [3.8, 4) is 5.75 Å². The van der Waals surface area contributed by atoms with Crippen LogP contribution in [0.2, 0.25) is 0 Å². The van der Waals surface area contributed by atoms with Crippen molar-refractivity contribution in [3.05, 3.63) is 82.7 Å². The highest BCUT2D eigenvalue weighted by Gasteiger charge is 2.27. The van der Waals surface area contributed by atoms with E-state index in [1.54, 1.807) is 26.0 Å². The predicted octanol–water partition coefficient (Wildman–Crippen LogP) is 4.98. The van der Waals surface area contributed by atoms with Crippen LogP contribution in [0.3, 0.4) is 0 Å². The van der Waals surface area contributed by atoms with E-state index in [9.17, 15) is 9.59 Å². The highest BCUT2D eigenvalue weighted by Crippen LogP contribution is 2.26. The second kappa shape index (κ2) is 9.98. The molecule has 0 radical (unpaired) electrons. The fourth-order valence-electron chi connectivity index (χ4n) is 3.65. The standard InChI is InChI=1S/C25H28N2O4/c1-5-30-21-14-12-20(13-15-21)26-24(28)22-17(3)23(25(29)31-6-2)27(18(22)4)16-19-10-8-7-9-11-19/h7-15H,5-6,16H2,1-4H3,(H,26,28). The monoisotopic (exact) mass is 420 g/mol. The van der Waals surface area contributed by atoms with E-state index in [4.69, 9.17) is 9.47 Å². The molecule has 3 rings (SSSR count). The minimum Gasteiger partial charge on any atom is -0.494 e. The maximum atomic E-state index is 13.2. The van der Waals surface area contributed by atoms with Gasteiger partial charge in [0.2, 0.25) is 0 Å². The molecule has 1 N–H and O–H groups in total. The van der Waals surface area contributed by atoms with E-state index in [1.165, 1.54) is 0 Å². The molecule has 0 spiro atoms. The smallest absolute Gasteiger partial charge is 0.355 e. The number of anilines is 1. The second-order valence-electron chi connectivity index (χ2n) is 7.14. The third-order valence-electron chi connectivity index (χ3n) is 5.07. The summed E-state index contributed by atoms with van der Waals surface area (Å²) < 4.78 is 12.6. The first-order chi connectivity index (χ1) is 15.0. The predicted molar refractivity (Wildman–Crippen MR) is 121 cm³/mol. The van der Waals surface area contributed by atoms with Crippen LogP contribution in [0.25, 0.3) is 0 Å². The molecule has 1 heterocycles. The Kier molecular flexibility index (Phi) is 7.13. The summed E-state index contributed by atoms with van der Waals surface area (Å²) >= 11 is 0. The number of hydrogen-bond donors (Lipinski definition) is 1. The summed E-state index contributed by atoms with van der Waals surface area (Å²) in [5.74, 6) is 0.0436. The van der Waals surface area contributed by atoms with Crippen molar-refractivity contribution in [2.45, 2.75) is 34.2 Å². The molecule has 3 aromatic rings. The summed E-state index contributed by atoms with van der Waals surface area (Å²) in [6.07, 6.45) is 0. The molecule has 1 amide bonds. The van der Waals surface area contributed by atoms with Crippen LogP contribution in [0, 0.1) is 13.8 Å². The minimum atomic E-state index is -0.431. The van der Waals surface area contributed by atoms with E-state index >= 15 is 0 Å². The summed E-state index contributed by atoms with van der Waals surface area (Å²) in [5, 5.41) is 2.92. The lowest BCUT2D eigenvalue weighted by molar-refractivity contribution is 0.0513. The van der Waals surface area contributed by atoms with Gasteiger partial charge in [0, 0.05) is 17.9 Å². The van der Waals surface area contributed by atoms with Crippen LogP contribution >= 0.6 is 0 Å². The zero-order valence-corrected chi connectivity index (χ0v) is 18.4. The van der Waals surface area contributed by atoms with Gasteiger partial charge in [-0.25, -0.2) is 4.79 Å². The highest BCUT2D eigenvalue weighted by atomic mass is 16.5. The Bertz CT molecular complexity index is 1050. The SMILES string of the molecule is CCOC(=O)c1c(C)c(C(=O)Nc2ccc(OCC)cc2)c(C)n1Cc1ccccc1. The van der Waals surface area contributed by atoms with Crippen LogP contribution in [0.5, 0.6) is 5.75 Å². The molecule has 0 atom stereocenters. The number of ether oxygens (including phenoxy) is 2. The molecule has 31 heavy (non-hydrogen) atoms. The van der Waals surface area contributed by atoms with E-state index < -0.39 is 5.97 Å². The van der Waals surface area contributed by atoms with Gasteiger partial charge in [-0.3, -0.25) is 4.79 Å². The number of nitrogens with one attached hydrogen (secondary N) is 1. The van der Waals surface area contributed by atoms with Crippen LogP contribution in [0.15, 0.2) is 54.6 Å². The Balaban J connectivity index is 1.96. The van der Waals surface area contributed by atoms with Crippen molar-refractivity contribution in [1.82, 2.24) is 4.57 Å². The van der Waals surface area contributed by atoms with Gasteiger partial charge in [0.05, 0.1) is 18.8 Å². The van der Waals surface area contributed by atoms with Crippen molar-refractivity contribution in [2.75, 3.05) is 18.5 Å². The van der Waals surface area contributed by atoms with Crippen LogP contribution < -0.4 is 10.1 Å². The highest BCUT2D eigenvalue weighted by molar-refractivity contribution is 6.08. The summed E-state index contributed by atoms with van der Waals surface area (Å²) in [6, 6.07) is 17.0. The van der Waals surface area contributed by atoms with Gasteiger partial charge in [-0.15, -0.1) is 0 Å². The molecule has 0 unspecified atom stereocenters. The summed E-state index contributed by atoms with van der Waals surface area (Å²) in [4.78, 5) is 25.9. The molecule has 6 nitrogen and oxygen atoms in total. The Labute approximate surface area is 182 Å². The number of aromatic nitrogens is 1. The quantitative estimate of drug-likeness (QED) is 0.522. The van der Waals surface area contributed by atoms with Crippen LogP contribution in [-0.4, -0.2) is 29.7 Å². The molecular weight excluding hydrogens is 392 g/mol. The van der Waals surface area contributed by atoms with Crippen LogP contribution in [0.4, 0.5) is 5.69 Å². The number of amides is 1. The molecule has 6 heteroatoms. The molecule has 0 fully saturated rings. The second-order valence-corrected chi connectivity index (χ2v) is 7.14. The van der Waals surface area contributed by atoms with Crippen molar-refractivity contribution in [2.24, 2.45) is 0 Å². The fourth-order valence-corrected chi connectivity index (χ4v) is 3.65. The van der Waals surface area contributed by atoms with E-state index in [1.807, 2.05) is 60.9 Å². The molecule has 0 saturated heterocycles. The summed E-state index contributed by atoms with van der Waals surface area (Å²) in [7, 11) is 0. The molecule has 0 aliphatic heterocycles. The van der Waals surface area contributed by atoms with Crippen molar-refractivity contribution >= 4 is 17.6 Å². The van der Waals surface area contributed by atoms with Gasteiger partial charge >= 0.3 is 5.97 Å². The number of nitrogens with zero attached hydrogens (tertiary/aromatic N) is 1. The van der Waals surface area contributed by atoms with Crippen LogP contribution in [0.1, 0.15) is 51.5 Å². The van der Waals surface area contributed by atoms with E-state index in [0.29, 0.717) is 41.4 Å². The normalized spacial score (nSPS) is 10.6. The Morgan fingerprint density at radius 2 is 1.61 bits per heavy atom. The van der Waals surface area contributed by atoms with Gasteiger partial charge in [-0.05, 0) is 63.1 Å². The van der Waals surface area contributed by atoms with Gasteiger partial charge in [0.15, 0.2) is 0 Å². The Hall–Kier alpha value is -3.54. The molecule has 0 bridgehead atoms. The zero-order chi connectivity index (χ0) is 22.4. The first-order valence-corrected chi connectivity index (χ1v) is 10.4. The molecule has 0 aliphatic carbocycles. The summed E-state index contributed by atoms with van der Waals surface area (Å²) in [5.41, 5.74) is 3.89. The number of hydrogen-bond acceptors (Lipinski definition) is 4. The lowest BCUT2D eigenvalue weighted by atomic mass is 10.1. The maximum absolute atomic E-state index is 13.2. The molecule has 0 saturated carbocycles. The third-order valence-corrected chi connectivity index (χ3v) is 5.07.